The van der Waals surface area contributed by atoms with Crippen LogP contribution in [0.4, 0.5) is 0 Å². The first-order valence-electron chi connectivity index (χ1n) is 7.84. The maximum atomic E-state index is 12.4. The largest absolute Gasteiger partial charge is 0.463 e. The van der Waals surface area contributed by atoms with E-state index >= 15 is 0 Å². The Morgan fingerprint density at radius 2 is 1.76 bits per heavy atom. The second kappa shape index (κ2) is 7.43. The number of carbonyl (C=O) groups excluding carboxylic acids is 2. The van der Waals surface area contributed by atoms with E-state index in [1.165, 1.54) is 6.08 Å². The molecule has 0 atom stereocenters. The molecule has 0 spiro atoms. The van der Waals surface area contributed by atoms with Gasteiger partial charge in [0.25, 0.3) is 0 Å². The fraction of sp³-hybridized carbons (Fsp3) is 0.647. The summed E-state index contributed by atoms with van der Waals surface area (Å²) >= 11 is 0. The highest BCUT2D eigenvalue weighted by atomic mass is 16.6. The minimum atomic E-state index is -0.525. The second-order valence-corrected chi connectivity index (χ2v) is 5.07. The number of hydrogen-bond acceptors (Lipinski definition) is 4. The predicted molar refractivity (Wildman–Crippen MR) is 81.7 cm³/mol. The van der Waals surface area contributed by atoms with Gasteiger partial charge in [-0.05, 0) is 43.8 Å². The van der Waals surface area contributed by atoms with Crippen molar-refractivity contribution in [2.45, 2.75) is 65.9 Å². The van der Waals surface area contributed by atoms with Gasteiger partial charge in [0.1, 0.15) is 5.60 Å². The van der Waals surface area contributed by atoms with Crippen molar-refractivity contribution in [3.05, 3.63) is 22.8 Å². The summed E-state index contributed by atoms with van der Waals surface area (Å²) in [5, 5.41) is 0. The Bertz CT molecular complexity index is 467. The van der Waals surface area contributed by atoms with E-state index in [9.17, 15) is 9.59 Å². The Hall–Kier alpha value is -1.58. The lowest BCUT2D eigenvalue weighted by molar-refractivity contribution is -0.154. The molecule has 0 fully saturated rings. The molecule has 0 saturated carbocycles. The van der Waals surface area contributed by atoms with Crippen molar-refractivity contribution < 1.29 is 19.1 Å². The molecule has 21 heavy (non-hydrogen) atoms. The van der Waals surface area contributed by atoms with E-state index in [2.05, 4.69) is 6.92 Å². The van der Waals surface area contributed by atoms with Crippen LogP contribution in [0, 0.1) is 0 Å². The van der Waals surface area contributed by atoms with Crippen molar-refractivity contribution in [1.82, 2.24) is 0 Å². The maximum absolute atomic E-state index is 12.4. The van der Waals surface area contributed by atoms with Crippen molar-refractivity contribution in [2.24, 2.45) is 0 Å². The third-order valence-electron chi connectivity index (χ3n) is 4.15. The fourth-order valence-electron chi connectivity index (χ4n) is 3.06. The Balaban J connectivity index is 3.41. The maximum Gasteiger partial charge on any atom is 0.339 e. The Labute approximate surface area is 127 Å². The first-order valence-corrected chi connectivity index (χ1v) is 7.84. The first kappa shape index (κ1) is 17.5. The highest BCUT2D eigenvalue weighted by molar-refractivity contribution is 6.01. The first-order chi connectivity index (χ1) is 9.99. The van der Waals surface area contributed by atoms with E-state index in [0.717, 1.165) is 30.4 Å². The number of carbonyl (C=O) groups is 2. The minimum Gasteiger partial charge on any atom is -0.463 e. The van der Waals surface area contributed by atoms with Crippen LogP contribution >= 0.6 is 0 Å². The minimum absolute atomic E-state index is 0.289. The lowest BCUT2D eigenvalue weighted by Crippen LogP contribution is -2.41. The quantitative estimate of drug-likeness (QED) is 0.553. The Morgan fingerprint density at radius 3 is 2.19 bits per heavy atom. The molecule has 4 nitrogen and oxygen atoms in total. The molecule has 118 valence electrons. The molecule has 1 heterocycles. The molecule has 0 aromatic rings. The molecule has 0 radical (unpaired) electrons. The molecule has 0 aromatic heterocycles. The number of hydrogen-bond donors (Lipinski definition) is 0. The average molecular weight is 294 g/mol. The predicted octanol–water partition coefficient (Wildman–Crippen LogP) is 3.71. The molecule has 0 saturated heterocycles. The molecule has 0 unspecified atom stereocenters. The van der Waals surface area contributed by atoms with Crippen LogP contribution < -0.4 is 0 Å². The number of ether oxygens (including phenoxy) is 2. The zero-order valence-electron chi connectivity index (χ0n) is 13.7. The third-order valence-corrected chi connectivity index (χ3v) is 4.15. The van der Waals surface area contributed by atoms with E-state index < -0.39 is 17.5 Å². The highest BCUT2D eigenvalue weighted by Crippen LogP contribution is 2.41. The molecule has 1 rings (SSSR count). The van der Waals surface area contributed by atoms with Crippen LogP contribution in [0.2, 0.25) is 0 Å². The van der Waals surface area contributed by atoms with Crippen molar-refractivity contribution in [1.29, 1.82) is 0 Å². The summed E-state index contributed by atoms with van der Waals surface area (Å²) in [5.74, 6) is -0.910. The zero-order valence-corrected chi connectivity index (χ0v) is 13.7. The topological polar surface area (TPSA) is 52.6 Å². The number of esters is 2. The fourth-order valence-corrected chi connectivity index (χ4v) is 3.06. The number of cyclic esters (lactones) is 1. The summed E-state index contributed by atoms with van der Waals surface area (Å²) in [6, 6.07) is 0. The van der Waals surface area contributed by atoms with Gasteiger partial charge in [-0.25, -0.2) is 9.59 Å². The van der Waals surface area contributed by atoms with Gasteiger partial charge < -0.3 is 9.47 Å². The summed E-state index contributed by atoms with van der Waals surface area (Å²) in [6.07, 6.45) is 4.27. The van der Waals surface area contributed by atoms with Crippen molar-refractivity contribution in [3.8, 4) is 0 Å². The smallest absolute Gasteiger partial charge is 0.339 e. The Kier molecular flexibility index (Phi) is 6.19. The molecular weight excluding hydrogens is 268 g/mol. The third kappa shape index (κ3) is 3.36. The van der Waals surface area contributed by atoms with Crippen molar-refractivity contribution >= 4 is 11.9 Å². The van der Waals surface area contributed by atoms with Gasteiger partial charge in [-0.1, -0.05) is 27.7 Å². The average Bonchev–Trinajstić information content (AvgIpc) is 2.48. The van der Waals surface area contributed by atoms with Gasteiger partial charge in [0.05, 0.1) is 12.2 Å². The monoisotopic (exact) mass is 294 g/mol. The van der Waals surface area contributed by atoms with E-state index in [1.807, 2.05) is 20.8 Å². The van der Waals surface area contributed by atoms with Crippen LogP contribution in [0.5, 0.6) is 0 Å². The molecular formula is C17H26O4. The van der Waals surface area contributed by atoms with Crippen LogP contribution in [0.25, 0.3) is 0 Å². The number of rotatable bonds is 6. The lowest BCUT2D eigenvalue weighted by atomic mass is 9.78. The van der Waals surface area contributed by atoms with Crippen LogP contribution in [-0.4, -0.2) is 24.1 Å². The molecule has 0 amide bonds. The zero-order chi connectivity index (χ0) is 16.0. The standard InChI is InChI=1S/C17H26O4/c1-6-12-13(11-15(18)20-10-5)16(19)21-17(8-3,9-4)14(12)7-2/h11H,6-10H2,1-5H3/b13-11-. The van der Waals surface area contributed by atoms with E-state index in [-0.39, 0.29) is 6.61 Å². The van der Waals surface area contributed by atoms with Crippen LogP contribution in [-0.2, 0) is 19.1 Å². The van der Waals surface area contributed by atoms with E-state index in [0.29, 0.717) is 12.0 Å². The molecule has 0 N–H and O–H groups in total. The summed E-state index contributed by atoms with van der Waals surface area (Å²) < 4.78 is 10.6. The summed E-state index contributed by atoms with van der Waals surface area (Å²) in [7, 11) is 0. The lowest BCUT2D eigenvalue weighted by Gasteiger charge is -2.40. The molecule has 0 bridgehead atoms. The summed E-state index contributed by atoms with van der Waals surface area (Å²) in [6.45, 7) is 10.1. The summed E-state index contributed by atoms with van der Waals surface area (Å²) in [5.41, 5.74) is 1.89. The summed E-state index contributed by atoms with van der Waals surface area (Å²) in [4.78, 5) is 24.1. The molecule has 1 aliphatic rings. The highest BCUT2D eigenvalue weighted by Gasteiger charge is 2.42. The Morgan fingerprint density at radius 1 is 1.14 bits per heavy atom. The van der Waals surface area contributed by atoms with E-state index in [1.54, 1.807) is 6.92 Å². The van der Waals surface area contributed by atoms with Crippen LogP contribution in [0.3, 0.4) is 0 Å². The normalized spacial score (nSPS) is 19.7. The van der Waals surface area contributed by atoms with Crippen LogP contribution in [0.1, 0.15) is 60.3 Å². The van der Waals surface area contributed by atoms with Crippen molar-refractivity contribution in [3.63, 3.8) is 0 Å². The molecule has 4 heteroatoms. The van der Waals surface area contributed by atoms with E-state index in [4.69, 9.17) is 9.47 Å². The van der Waals surface area contributed by atoms with Gasteiger partial charge in [-0.15, -0.1) is 0 Å². The van der Waals surface area contributed by atoms with Gasteiger partial charge in [-0.3, -0.25) is 0 Å². The molecule has 0 aliphatic carbocycles. The molecule has 1 aliphatic heterocycles. The van der Waals surface area contributed by atoms with Gasteiger partial charge in [0.2, 0.25) is 0 Å². The molecule has 0 aromatic carbocycles. The van der Waals surface area contributed by atoms with Crippen molar-refractivity contribution in [2.75, 3.05) is 6.61 Å². The van der Waals surface area contributed by atoms with Gasteiger partial charge in [-0.2, -0.15) is 0 Å². The van der Waals surface area contributed by atoms with Gasteiger partial charge >= 0.3 is 11.9 Å². The van der Waals surface area contributed by atoms with Gasteiger partial charge in [0.15, 0.2) is 0 Å². The van der Waals surface area contributed by atoms with Crippen LogP contribution in [0.15, 0.2) is 22.8 Å². The second-order valence-electron chi connectivity index (χ2n) is 5.07. The SMILES string of the molecule is CCOC(=O)/C=C1\C(=O)OC(CC)(CC)C(CC)=C1CC. The van der Waals surface area contributed by atoms with Gasteiger partial charge in [0, 0.05) is 6.08 Å².